The van der Waals surface area contributed by atoms with Crippen molar-refractivity contribution in [2.24, 2.45) is 0 Å². The summed E-state index contributed by atoms with van der Waals surface area (Å²) in [5, 5.41) is 24.9. The molecule has 1 rings (SSSR count). The maximum Gasteiger partial charge on any atom is 0.408 e. The van der Waals surface area contributed by atoms with Gasteiger partial charge in [-0.3, -0.25) is 9.59 Å². The van der Waals surface area contributed by atoms with Crippen LogP contribution in [0.15, 0.2) is 24.3 Å². The summed E-state index contributed by atoms with van der Waals surface area (Å²) >= 11 is 0. The normalized spacial score (nSPS) is 13.6. The number of benzene rings is 1. The number of nitrogens with one attached hydrogen (secondary N) is 2. The predicted octanol–water partition coefficient (Wildman–Crippen LogP) is 2.86. The van der Waals surface area contributed by atoms with Crippen LogP contribution in [0.25, 0.3) is 0 Å². The number of aliphatic hydroxyl groups is 1. The van der Waals surface area contributed by atoms with E-state index >= 15 is 0 Å². The van der Waals surface area contributed by atoms with Gasteiger partial charge in [0.2, 0.25) is 11.8 Å². The first kappa shape index (κ1) is 28.2. The molecule has 0 saturated carbocycles. The molecule has 2 unspecified atom stereocenters. The van der Waals surface area contributed by atoms with Crippen molar-refractivity contribution in [1.29, 1.82) is 0 Å². The second-order valence-corrected chi connectivity index (χ2v) is 10.00. The number of phenolic OH excluding ortho intramolecular Hbond substituents is 1. The molecule has 0 aliphatic heterocycles. The minimum Gasteiger partial charge on any atom is -0.508 e. The van der Waals surface area contributed by atoms with Crippen molar-refractivity contribution in [2.75, 3.05) is 13.2 Å². The highest BCUT2D eigenvalue weighted by molar-refractivity contribution is 5.92. The zero-order chi connectivity index (χ0) is 25.4. The lowest BCUT2D eigenvalue weighted by molar-refractivity contribution is -0.143. The minimum atomic E-state index is -1.29. The summed E-state index contributed by atoms with van der Waals surface area (Å²) in [6.07, 6.45) is 0.523. The van der Waals surface area contributed by atoms with Crippen molar-refractivity contribution in [1.82, 2.24) is 15.5 Å². The number of hydrogen-bond donors (Lipinski definition) is 4. The summed E-state index contributed by atoms with van der Waals surface area (Å²) in [6.45, 7) is 12.1. The third-order valence-corrected chi connectivity index (χ3v) is 4.47. The van der Waals surface area contributed by atoms with E-state index in [0.29, 0.717) is 12.0 Å². The molecule has 0 aliphatic carbocycles. The molecule has 0 spiro atoms. The van der Waals surface area contributed by atoms with E-state index in [4.69, 9.17) is 4.74 Å². The van der Waals surface area contributed by atoms with E-state index in [2.05, 4.69) is 10.6 Å². The molecule has 2 atom stereocenters. The molecule has 0 aromatic heterocycles. The maximum absolute atomic E-state index is 13.5. The number of aromatic hydroxyl groups is 1. The smallest absolute Gasteiger partial charge is 0.408 e. The highest BCUT2D eigenvalue weighted by atomic mass is 16.6. The van der Waals surface area contributed by atoms with Gasteiger partial charge in [-0.2, -0.15) is 0 Å². The third-order valence-electron chi connectivity index (χ3n) is 4.47. The topological polar surface area (TPSA) is 128 Å². The first-order chi connectivity index (χ1) is 15.2. The van der Waals surface area contributed by atoms with Crippen LogP contribution in [0.4, 0.5) is 4.79 Å². The third kappa shape index (κ3) is 9.69. The molecule has 0 heterocycles. The van der Waals surface area contributed by atoms with Gasteiger partial charge in [0.05, 0.1) is 6.61 Å². The Morgan fingerprint density at radius 3 is 2.09 bits per heavy atom. The van der Waals surface area contributed by atoms with Crippen molar-refractivity contribution in [2.45, 2.75) is 84.5 Å². The van der Waals surface area contributed by atoms with Crippen molar-refractivity contribution in [3.8, 4) is 5.75 Å². The summed E-state index contributed by atoms with van der Waals surface area (Å²) in [6, 6.07) is 3.71. The zero-order valence-corrected chi connectivity index (χ0v) is 20.8. The van der Waals surface area contributed by atoms with E-state index in [1.54, 1.807) is 32.9 Å². The fraction of sp³-hybridized carbons (Fsp3) is 0.625. The number of amides is 3. The summed E-state index contributed by atoms with van der Waals surface area (Å²) in [7, 11) is 0. The lowest BCUT2D eigenvalue weighted by Gasteiger charge is -2.35. The average molecular weight is 466 g/mol. The lowest BCUT2D eigenvalue weighted by Crippen LogP contribution is -2.55. The summed E-state index contributed by atoms with van der Waals surface area (Å²) in [5.74, 6) is -0.995. The van der Waals surface area contributed by atoms with E-state index in [1.165, 1.54) is 17.0 Å². The van der Waals surface area contributed by atoms with Crippen LogP contribution in [0, 0.1) is 0 Å². The van der Waals surface area contributed by atoms with Crippen LogP contribution in [-0.2, 0) is 14.3 Å². The van der Waals surface area contributed by atoms with E-state index in [0.717, 1.165) is 6.42 Å². The lowest BCUT2D eigenvalue weighted by atomic mass is 10.00. The van der Waals surface area contributed by atoms with E-state index in [-0.39, 0.29) is 12.3 Å². The first-order valence-electron chi connectivity index (χ1n) is 11.2. The van der Waals surface area contributed by atoms with Gasteiger partial charge in [0.15, 0.2) is 0 Å². The maximum atomic E-state index is 13.5. The number of rotatable bonds is 9. The Hall–Kier alpha value is -2.81. The summed E-state index contributed by atoms with van der Waals surface area (Å²) in [5.41, 5.74) is -0.847. The predicted molar refractivity (Wildman–Crippen MR) is 126 cm³/mol. The molecule has 1 aromatic carbocycles. The van der Waals surface area contributed by atoms with Crippen LogP contribution in [0.1, 0.15) is 72.9 Å². The molecule has 1 aromatic rings. The Morgan fingerprint density at radius 1 is 1.06 bits per heavy atom. The second kappa shape index (κ2) is 11.9. The summed E-state index contributed by atoms with van der Waals surface area (Å²) in [4.78, 5) is 40.4. The van der Waals surface area contributed by atoms with Gasteiger partial charge >= 0.3 is 6.09 Å². The highest BCUT2D eigenvalue weighted by Crippen LogP contribution is 2.26. The van der Waals surface area contributed by atoms with Crippen molar-refractivity contribution in [3.05, 3.63) is 29.8 Å². The number of hydrogen-bond acceptors (Lipinski definition) is 6. The van der Waals surface area contributed by atoms with Gasteiger partial charge in [-0.15, -0.1) is 0 Å². The van der Waals surface area contributed by atoms with Gasteiger partial charge in [-0.25, -0.2) is 4.79 Å². The monoisotopic (exact) mass is 465 g/mol. The Kier molecular flexibility index (Phi) is 10.2. The van der Waals surface area contributed by atoms with E-state index in [9.17, 15) is 24.6 Å². The van der Waals surface area contributed by atoms with Crippen molar-refractivity contribution >= 4 is 17.9 Å². The van der Waals surface area contributed by atoms with Gasteiger partial charge < -0.3 is 30.5 Å². The van der Waals surface area contributed by atoms with Gasteiger partial charge in [-0.05, 0) is 65.7 Å². The number of carbonyl (C=O) groups excluding carboxylic acids is 3. The van der Waals surface area contributed by atoms with Gasteiger partial charge in [0.25, 0.3) is 0 Å². The van der Waals surface area contributed by atoms with Crippen LogP contribution in [0.3, 0.4) is 0 Å². The molecular formula is C24H39N3O6. The first-order valence-corrected chi connectivity index (χ1v) is 11.2. The molecule has 3 amide bonds. The molecular weight excluding hydrogens is 426 g/mol. The molecule has 9 heteroatoms. The van der Waals surface area contributed by atoms with Crippen LogP contribution < -0.4 is 10.6 Å². The molecule has 0 fully saturated rings. The largest absolute Gasteiger partial charge is 0.508 e. The van der Waals surface area contributed by atoms with Gasteiger partial charge in [-0.1, -0.05) is 25.5 Å². The molecule has 0 bridgehead atoms. The molecule has 0 saturated heterocycles. The molecule has 9 nitrogen and oxygen atoms in total. The number of ether oxygens (including phenoxy) is 1. The SMILES string of the molecule is CCCCN(C(=O)C(CO)NC(=O)OC(C)(C)C)C(C(=O)NC(C)(C)C)c1ccc(O)cc1. The Balaban J connectivity index is 3.37. The average Bonchev–Trinajstić information content (AvgIpc) is 2.67. The number of unbranched alkanes of at least 4 members (excludes halogenated alkanes) is 1. The number of nitrogens with zero attached hydrogens (tertiary/aromatic N) is 1. The number of alkyl carbamates (subject to hydrolysis) is 1. The van der Waals surface area contributed by atoms with Crippen molar-refractivity contribution < 1.29 is 29.3 Å². The van der Waals surface area contributed by atoms with Crippen LogP contribution >= 0.6 is 0 Å². The number of phenols is 1. The van der Waals surface area contributed by atoms with Gasteiger partial charge in [0.1, 0.15) is 23.4 Å². The molecule has 4 N–H and O–H groups in total. The molecule has 0 radical (unpaired) electrons. The minimum absolute atomic E-state index is 0.0278. The van der Waals surface area contributed by atoms with E-state index in [1.807, 2.05) is 27.7 Å². The summed E-state index contributed by atoms with van der Waals surface area (Å²) < 4.78 is 5.21. The molecule has 186 valence electrons. The van der Waals surface area contributed by atoms with Crippen LogP contribution in [-0.4, -0.2) is 63.4 Å². The molecule has 33 heavy (non-hydrogen) atoms. The number of aliphatic hydroxyl groups excluding tert-OH is 1. The standard InChI is InChI=1S/C24H39N3O6/c1-8-9-14-27(21(31)18(15-28)25-22(32)33-24(5,6)7)19(20(30)26-23(2,3)4)16-10-12-17(29)13-11-16/h10-13,18-19,28-29H,8-9,14-15H2,1-7H3,(H,25,32)(H,26,30). The highest BCUT2D eigenvalue weighted by Gasteiger charge is 2.36. The fourth-order valence-corrected chi connectivity index (χ4v) is 3.10. The number of carbonyl (C=O) groups is 3. The fourth-order valence-electron chi connectivity index (χ4n) is 3.10. The Morgan fingerprint density at radius 2 is 1.64 bits per heavy atom. The van der Waals surface area contributed by atoms with Crippen molar-refractivity contribution in [3.63, 3.8) is 0 Å². The second-order valence-electron chi connectivity index (χ2n) is 10.00. The van der Waals surface area contributed by atoms with E-state index < -0.39 is 47.7 Å². The Labute approximate surface area is 196 Å². The Bertz CT molecular complexity index is 796. The quantitative estimate of drug-likeness (QED) is 0.444. The molecule has 0 aliphatic rings. The van der Waals surface area contributed by atoms with Gasteiger partial charge in [0, 0.05) is 12.1 Å². The van der Waals surface area contributed by atoms with Crippen LogP contribution in [0.2, 0.25) is 0 Å². The zero-order valence-electron chi connectivity index (χ0n) is 20.8. The van der Waals surface area contributed by atoms with Crippen LogP contribution in [0.5, 0.6) is 5.75 Å².